The summed E-state index contributed by atoms with van der Waals surface area (Å²) in [6.07, 6.45) is 5.69. The zero-order valence-corrected chi connectivity index (χ0v) is 15.1. The Kier molecular flexibility index (Phi) is 6.43. The SMILES string of the molecule is CCC(CC)[C@@H]1C[C@@H](NC(=O)Nc2c(C)ccn(C)c2=O)CCO1. The molecule has 0 aromatic carbocycles. The lowest BCUT2D eigenvalue weighted by Gasteiger charge is -2.34. The molecule has 1 saturated heterocycles. The standard InChI is InChI=1S/C18H29N3O3/c1-5-13(6-2)15-11-14(8-10-24-15)19-18(23)20-16-12(3)7-9-21(4)17(16)22/h7,9,13-15H,5-6,8,10-11H2,1-4H3,(H2,19,20,23)/t14-,15-/m0/s1. The minimum absolute atomic E-state index is 0.0808. The molecule has 1 aliphatic rings. The molecule has 1 aliphatic heterocycles. The van der Waals surface area contributed by atoms with Gasteiger partial charge in [-0.15, -0.1) is 0 Å². The Morgan fingerprint density at radius 2 is 2.12 bits per heavy atom. The predicted molar refractivity (Wildman–Crippen MR) is 95.4 cm³/mol. The van der Waals surface area contributed by atoms with Gasteiger partial charge in [-0.1, -0.05) is 26.7 Å². The van der Waals surface area contributed by atoms with Crippen LogP contribution in [0.3, 0.4) is 0 Å². The van der Waals surface area contributed by atoms with Crippen LogP contribution in [0.15, 0.2) is 17.1 Å². The highest BCUT2D eigenvalue weighted by atomic mass is 16.5. The normalized spacial score (nSPS) is 20.9. The largest absolute Gasteiger partial charge is 0.378 e. The van der Waals surface area contributed by atoms with Gasteiger partial charge in [-0.3, -0.25) is 4.79 Å². The van der Waals surface area contributed by atoms with Crippen molar-refractivity contribution in [1.82, 2.24) is 9.88 Å². The van der Waals surface area contributed by atoms with Crippen LogP contribution >= 0.6 is 0 Å². The van der Waals surface area contributed by atoms with Crippen LogP contribution in [0, 0.1) is 12.8 Å². The number of ether oxygens (including phenoxy) is 1. The lowest BCUT2D eigenvalue weighted by Crippen LogP contribution is -2.46. The third kappa shape index (κ3) is 4.38. The number of carbonyl (C=O) groups is 1. The van der Waals surface area contributed by atoms with Crippen LogP contribution in [0.5, 0.6) is 0 Å². The van der Waals surface area contributed by atoms with E-state index in [1.165, 1.54) is 4.57 Å². The molecule has 0 bridgehead atoms. The number of hydrogen-bond acceptors (Lipinski definition) is 3. The van der Waals surface area contributed by atoms with Crippen LogP contribution in [0.1, 0.15) is 45.1 Å². The van der Waals surface area contributed by atoms with Gasteiger partial charge in [0.2, 0.25) is 0 Å². The highest BCUT2D eigenvalue weighted by Crippen LogP contribution is 2.25. The molecule has 2 rings (SSSR count). The van der Waals surface area contributed by atoms with E-state index < -0.39 is 0 Å². The van der Waals surface area contributed by atoms with Gasteiger partial charge < -0.3 is 19.9 Å². The number of amides is 2. The molecule has 1 fully saturated rings. The van der Waals surface area contributed by atoms with Crippen molar-refractivity contribution in [2.45, 2.75) is 58.6 Å². The van der Waals surface area contributed by atoms with Gasteiger partial charge in [-0.2, -0.15) is 0 Å². The Hall–Kier alpha value is -1.82. The van der Waals surface area contributed by atoms with Crippen LogP contribution in [-0.2, 0) is 11.8 Å². The summed E-state index contributed by atoms with van der Waals surface area (Å²) in [6.45, 7) is 6.83. The van der Waals surface area contributed by atoms with Crippen molar-refractivity contribution >= 4 is 11.7 Å². The van der Waals surface area contributed by atoms with Crippen molar-refractivity contribution in [1.29, 1.82) is 0 Å². The number of nitrogens with one attached hydrogen (secondary N) is 2. The molecule has 6 heteroatoms. The zero-order chi connectivity index (χ0) is 17.7. The maximum Gasteiger partial charge on any atom is 0.319 e. The fraction of sp³-hybridized carbons (Fsp3) is 0.667. The quantitative estimate of drug-likeness (QED) is 0.869. The van der Waals surface area contributed by atoms with Gasteiger partial charge in [-0.25, -0.2) is 4.79 Å². The first-order chi connectivity index (χ1) is 11.5. The highest BCUT2D eigenvalue weighted by molar-refractivity contribution is 5.90. The van der Waals surface area contributed by atoms with Crippen LogP contribution in [0.2, 0.25) is 0 Å². The van der Waals surface area contributed by atoms with Crippen LogP contribution in [-0.4, -0.2) is 29.4 Å². The second-order valence-electron chi connectivity index (χ2n) is 6.60. The molecular formula is C18H29N3O3. The second-order valence-corrected chi connectivity index (χ2v) is 6.60. The van der Waals surface area contributed by atoms with E-state index in [1.54, 1.807) is 13.2 Å². The zero-order valence-electron chi connectivity index (χ0n) is 15.1. The smallest absolute Gasteiger partial charge is 0.319 e. The van der Waals surface area contributed by atoms with E-state index in [2.05, 4.69) is 24.5 Å². The first-order valence-electron chi connectivity index (χ1n) is 8.81. The third-order valence-corrected chi connectivity index (χ3v) is 4.94. The molecule has 0 aliphatic carbocycles. The number of aryl methyl sites for hydroxylation is 2. The van der Waals surface area contributed by atoms with Gasteiger partial charge in [0, 0.05) is 25.9 Å². The molecule has 2 amide bonds. The molecule has 24 heavy (non-hydrogen) atoms. The molecule has 0 radical (unpaired) electrons. The Morgan fingerprint density at radius 3 is 2.79 bits per heavy atom. The van der Waals surface area contributed by atoms with Crippen molar-refractivity contribution in [2.24, 2.45) is 13.0 Å². The number of rotatable bonds is 5. The van der Waals surface area contributed by atoms with Gasteiger partial charge in [0.25, 0.3) is 5.56 Å². The summed E-state index contributed by atoms with van der Waals surface area (Å²) in [7, 11) is 1.67. The van der Waals surface area contributed by atoms with Gasteiger partial charge in [0.1, 0.15) is 5.69 Å². The molecule has 0 unspecified atom stereocenters. The first kappa shape index (κ1) is 18.5. The minimum atomic E-state index is -0.323. The molecule has 2 N–H and O–H groups in total. The van der Waals surface area contributed by atoms with Gasteiger partial charge >= 0.3 is 6.03 Å². The molecule has 134 valence electrons. The number of aromatic nitrogens is 1. The van der Waals surface area contributed by atoms with E-state index in [0.717, 1.165) is 31.2 Å². The number of carbonyl (C=O) groups excluding carboxylic acids is 1. The van der Waals surface area contributed by atoms with Gasteiger partial charge in [0.15, 0.2) is 0 Å². The second kappa shape index (κ2) is 8.33. The maximum atomic E-state index is 12.3. The van der Waals surface area contributed by atoms with E-state index in [9.17, 15) is 9.59 Å². The number of pyridine rings is 1. The summed E-state index contributed by atoms with van der Waals surface area (Å²) < 4.78 is 7.34. The lowest BCUT2D eigenvalue weighted by molar-refractivity contribution is -0.0329. The summed E-state index contributed by atoms with van der Waals surface area (Å²) in [5.41, 5.74) is 0.892. The Morgan fingerprint density at radius 1 is 1.42 bits per heavy atom. The molecule has 1 aromatic heterocycles. The Bertz CT molecular complexity index is 622. The summed E-state index contributed by atoms with van der Waals surface area (Å²) in [4.78, 5) is 24.4. The number of anilines is 1. The topological polar surface area (TPSA) is 72.4 Å². The van der Waals surface area contributed by atoms with Crippen LogP contribution < -0.4 is 16.2 Å². The molecule has 0 spiro atoms. The van der Waals surface area contributed by atoms with E-state index in [-0.39, 0.29) is 23.7 Å². The summed E-state index contributed by atoms with van der Waals surface area (Å²) >= 11 is 0. The van der Waals surface area contributed by atoms with Crippen LogP contribution in [0.4, 0.5) is 10.5 Å². The van der Waals surface area contributed by atoms with Crippen molar-refractivity contribution in [2.75, 3.05) is 11.9 Å². The molecule has 2 atom stereocenters. The van der Waals surface area contributed by atoms with Crippen molar-refractivity contribution in [3.8, 4) is 0 Å². The van der Waals surface area contributed by atoms with E-state index in [4.69, 9.17) is 4.74 Å². The minimum Gasteiger partial charge on any atom is -0.378 e. The lowest BCUT2D eigenvalue weighted by atomic mass is 9.89. The van der Waals surface area contributed by atoms with Gasteiger partial charge in [0.05, 0.1) is 6.10 Å². The van der Waals surface area contributed by atoms with E-state index >= 15 is 0 Å². The monoisotopic (exact) mass is 335 g/mol. The van der Waals surface area contributed by atoms with Crippen molar-refractivity contribution < 1.29 is 9.53 Å². The van der Waals surface area contributed by atoms with Crippen molar-refractivity contribution in [3.05, 3.63) is 28.2 Å². The summed E-state index contributed by atoms with van der Waals surface area (Å²) in [6, 6.07) is 1.57. The average Bonchev–Trinajstić information content (AvgIpc) is 2.57. The molecular weight excluding hydrogens is 306 g/mol. The Labute approximate surface area is 143 Å². The molecule has 0 saturated carbocycles. The average molecular weight is 335 g/mol. The third-order valence-electron chi connectivity index (χ3n) is 4.94. The van der Waals surface area contributed by atoms with E-state index in [1.807, 2.05) is 13.0 Å². The summed E-state index contributed by atoms with van der Waals surface area (Å²) in [5.74, 6) is 0.529. The van der Waals surface area contributed by atoms with Crippen molar-refractivity contribution in [3.63, 3.8) is 0 Å². The first-order valence-corrected chi connectivity index (χ1v) is 8.81. The number of urea groups is 1. The van der Waals surface area contributed by atoms with Gasteiger partial charge in [-0.05, 0) is 37.3 Å². The maximum absolute atomic E-state index is 12.3. The number of nitrogens with zero attached hydrogens (tertiary/aromatic N) is 1. The fourth-order valence-electron chi connectivity index (χ4n) is 3.31. The molecule has 1 aromatic rings. The predicted octanol–water partition coefficient (Wildman–Crippen LogP) is 2.80. The molecule has 2 heterocycles. The van der Waals surface area contributed by atoms with Crippen LogP contribution in [0.25, 0.3) is 0 Å². The molecule has 6 nitrogen and oxygen atoms in total. The fourth-order valence-corrected chi connectivity index (χ4v) is 3.31. The summed E-state index contributed by atoms with van der Waals surface area (Å²) in [5, 5.41) is 5.71. The number of hydrogen-bond donors (Lipinski definition) is 2. The van der Waals surface area contributed by atoms with E-state index in [0.29, 0.717) is 18.2 Å². The highest BCUT2D eigenvalue weighted by Gasteiger charge is 2.28. The Balaban J connectivity index is 1.98.